The highest BCUT2D eigenvalue weighted by Gasteiger charge is 2.29. The van der Waals surface area contributed by atoms with Gasteiger partial charge >= 0.3 is 0 Å². The lowest BCUT2D eigenvalue weighted by Crippen LogP contribution is -2.53. The molecule has 0 atom stereocenters. The zero-order valence-corrected chi connectivity index (χ0v) is 13.7. The number of benzene rings is 1. The lowest BCUT2D eigenvalue weighted by atomic mass is 10.3. The van der Waals surface area contributed by atoms with Crippen molar-refractivity contribution in [2.24, 2.45) is 0 Å². The van der Waals surface area contributed by atoms with Gasteiger partial charge in [-0.3, -0.25) is 0 Å². The molecule has 1 heterocycles. The fraction of sp³-hybridized carbons (Fsp3) is 0.357. The van der Waals surface area contributed by atoms with Crippen LogP contribution in [0.5, 0.6) is 0 Å². The fourth-order valence-corrected chi connectivity index (χ4v) is 3.90. The van der Waals surface area contributed by atoms with Gasteiger partial charge in [0.05, 0.1) is 4.90 Å². The zero-order valence-electron chi connectivity index (χ0n) is 12.0. The van der Waals surface area contributed by atoms with Gasteiger partial charge in [0.2, 0.25) is 10.0 Å². The minimum Gasteiger partial charge on any atom is -0.359 e. The summed E-state index contributed by atoms with van der Waals surface area (Å²) in [7, 11) is -3.66. The molecule has 0 spiro atoms. The Morgan fingerprint density at radius 2 is 2.05 bits per heavy atom. The van der Waals surface area contributed by atoms with E-state index in [4.69, 9.17) is 12.2 Å². The van der Waals surface area contributed by atoms with Gasteiger partial charge in [0, 0.05) is 32.7 Å². The van der Waals surface area contributed by atoms with Crippen LogP contribution in [-0.4, -0.2) is 55.5 Å². The molecular weight excluding hydrogens is 325 g/mol. The Morgan fingerprint density at radius 1 is 1.36 bits per heavy atom. The van der Waals surface area contributed by atoms with Gasteiger partial charge in [-0.05, 0) is 30.4 Å². The number of sulfonamides is 1. The summed E-state index contributed by atoms with van der Waals surface area (Å²) < 4.78 is 39.5. The Kier molecular flexibility index (Phi) is 5.49. The van der Waals surface area contributed by atoms with Crippen LogP contribution in [0.15, 0.2) is 41.8 Å². The van der Waals surface area contributed by atoms with E-state index in [2.05, 4.69) is 11.9 Å². The quantitative estimate of drug-likeness (QED) is 0.657. The molecule has 1 N–H and O–H groups in total. The van der Waals surface area contributed by atoms with Crippen molar-refractivity contribution < 1.29 is 12.8 Å². The van der Waals surface area contributed by atoms with E-state index >= 15 is 0 Å². The predicted octanol–water partition coefficient (Wildman–Crippen LogP) is 1.19. The van der Waals surface area contributed by atoms with Gasteiger partial charge in [-0.1, -0.05) is 12.1 Å². The summed E-state index contributed by atoms with van der Waals surface area (Å²) in [6.45, 7) is 5.80. The molecule has 0 amide bonds. The van der Waals surface area contributed by atoms with Crippen LogP contribution in [0.1, 0.15) is 0 Å². The molecule has 1 aromatic carbocycles. The topological polar surface area (TPSA) is 52.6 Å². The SMILES string of the molecule is C=CCNC(=S)N1CCN(S(=O)(=O)c2cccc(F)c2)CC1. The summed E-state index contributed by atoms with van der Waals surface area (Å²) in [5, 5.41) is 3.60. The third-order valence-electron chi connectivity index (χ3n) is 3.36. The molecule has 22 heavy (non-hydrogen) atoms. The summed E-state index contributed by atoms with van der Waals surface area (Å²) in [5.41, 5.74) is 0. The van der Waals surface area contributed by atoms with E-state index in [1.165, 1.54) is 22.5 Å². The number of nitrogens with one attached hydrogen (secondary N) is 1. The molecule has 0 radical (unpaired) electrons. The Labute approximate surface area is 135 Å². The van der Waals surface area contributed by atoms with E-state index in [1.54, 1.807) is 6.08 Å². The molecule has 1 saturated heterocycles. The van der Waals surface area contributed by atoms with Crippen LogP contribution in [0.4, 0.5) is 4.39 Å². The number of halogens is 1. The number of nitrogens with zero attached hydrogens (tertiary/aromatic N) is 2. The summed E-state index contributed by atoms with van der Waals surface area (Å²) in [4.78, 5) is 1.89. The molecular formula is C14H18FN3O2S2. The Morgan fingerprint density at radius 3 is 2.64 bits per heavy atom. The summed E-state index contributed by atoms with van der Waals surface area (Å²) in [6.07, 6.45) is 1.71. The number of piperazine rings is 1. The highest BCUT2D eigenvalue weighted by molar-refractivity contribution is 7.89. The predicted molar refractivity (Wildman–Crippen MR) is 87.5 cm³/mol. The molecule has 120 valence electrons. The van der Waals surface area contributed by atoms with Gasteiger partial charge in [-0.25, -0.2) is 12.8 Å². The molecule has 1 fully saturated rings. The smallest absolute Gasteiger partial charge is 0.243 e. The minimum atomic E-state index is -3.66. The van der Waals surface area contributed by atoms with Crippen LogP contribution in [0.3, 0.4) is 0 Å². The minimum absolute atomic E-state index is 0.0201. The van der Waals surface area contributed by atoms with Crippen LogP contribution in [0.2, 0.25) is 0 Å². The average Bonchev–Trinajstić information content (AvgIpc) is 2.52. The third kappa shape index (κ3) is 3.82. The first-order valence-corrected chi connectivity index (χ1v) is 8.69. The molecule has 0 aliphatic carbocycles. The largest absolute Gasteiger partial charge is 0.359 e. The lowest BCUT2D eigenvalue weighted by molar-refractivity contribution is 0.264. The maximum atomic E-state index is 13.2. The lowest BCUT2D eigenvalue weighted by Gasteiger charge is -2.35. The van der Waals surface area contributed by atoms with Crippen molar-refractivity contribution >= 4 is 27.4 Å². The second-order valence-corrected chi connectivity index (χ2v) is 7.15. The Balaban J connectivity index is 2.02. The Bertz CT molecular complexity index is 656. The normalized spacial score (nSPS) is 16.3. The van der Waals surface area contributed by atoms with Crippen molar-refractivity contribution in [3.63, 3.8) is 0 Å². The number of hydrogen-bond donors (Lipinski definition) is 1. The first kappa shape index (κ1) is 16.9. The second kappa shape index (κ2) is 7.17. The number of thiocarbonyl (C=S) groups is 1. The van der Waals surface area contributed by atoms with E-state index < -0.39 is 15.8 Å². The molecule has 1 aliphatic rings. The van der Waals surface area contributed by atoms with Crippen molar-refractivity contribution in [1.29, 1.82) is 0 Å². The van der Waals surface area contributed by atoms with Crippen molar-refractivity contribution in [1.82, 2.24) is 14.5 Å². The average molecular weight is 343 g/mol. The summed E-state index contributed by atoms with van der Waals surface area (Å²) >= 11 is 5.23. The monoisotopic (exact) mass is 343 g/mol. The van der Waals surface area contributed by atoms with Gasteiger partial charge in [-0.2, -0.15) is 4.31 Å². The van der Waals surface area contributed by atoms with E-state index in [0.29, 0.717) is 37.8 Å². The summed E-state index contributed by atoms with van der Waals surface area (Å²) in [5.74, 6) is -0.561. The first-order chi connectivity index (χ1) is 10.4. The molecule has 0 saturated carbocycles. The first-order valence-electron chi connectivity index (χ1n) is 6.84. The molecule has 2 rings (SSSR count). The highest BCUT2D eigenvalue weighted by Crippen LogP contribution is 2.18. The molecule has 1 aliphatic heterocycles. The van der Waals surface area contributed by atoms with Crippen molar-refractivity contribution in [3.05, 3.63) is 42.7 Å². The molecule has 1 aromatic rings. The maximum absolute atomic E-state index is 13.2. The van der Waals surface area contributed by atoms with Gasteiger partial charge in [0.25, 0.3) is 0 Å². The highest BCUT2D eigenvalue weighted by atomic mass is 32.2. The molecule has 0 unspecified atom stereocenters. The second-order valence-electron chi connectivity index (χ2n) is 4.82. The molecule has 0 aromatic heterocycles. The number of hydrogen-bond acceptors (Lipinski definition) is 3. The standard InChI is InChI=1S/C14H18FN3O2S2/c1-2-6-16-14(21)17-7-9-18(10-8-17)22(19,20)13-5-3-4-12(15)11-13/h2-5,11H,1,6-10H2,(H,16,21). The van der Waals surface area contributed by atoms with Crippen molar-refractivity contribution in [2.45, 2.75) is 4.90 Å². The number of rotatable bonds is 4. The van der Waals surface area contributed by atoms with Gasteiger partial charge in [-0.15, -0.1) is 6.58 Å². The van der Waals surface area contributed by atoms with E-state index in [0.717, 1.165) is 6.07 Å². The van der Waals surface area contributed by atoms with E-state index in [-0.39, 0.29) is 4.90 Å². The van der Waals surface area contributed by atoms with Gasteiger partial charge in [0.15, 0.2) is 5.11 Å². The zero-order chi connectivity index (χ0) is 16.2. The molecule has 8 heteroatoms. The third-order valence-corrected chi connectivity index (χ3v) is 5.65. The van der Waals surface area contributed by atoms with Crippen LogP contribution in [-0.2, 0) is 10.0 Å². The van der Waals surface area contributed by atoms with Crippen LogP contribution < -0.4 is 5.32 Å². The van der Waals surface area contributed by atoms with E-state index in [9.17, 15) is 12.8 Å². The molecule has 0 bridgehead atoms. The van der Waals surface area contributed by atoms with Crippen LogP contribution >= 0.6 is 12.2 Å². The molecule has 5 nitrogen and oxygen atoms in total. The van der Waals surface area contributed by atoms with Crippen LogP contribution in [0.25, 0.3) is 0 Å². The van der Waals surface area contributed by atoms with E-state index in [1.807, 2.05) is 4.90 Å². The van der Waals surface area contributed by atoms with Gasteiger partial charge in [0.1, 0.15) is 5.82 Å². The van der Waals surface area contributed by atoms with Crippen molar-refractivity contribution in [2.75, 3.05) is 32.7 Å². The van der Waals surface area contributed by atoms with Crippen LogP contribution in [0, 0.1) is 5.82 Å². The summed E-state index contributed by atoms with van der Waals surface area (Å²) in [6, 6.07) is 5.06. The fourth-order valence-electron chi connectivity index (χ4n) is 2.18. The maximum Gasteiger partial charge on any atom is 0.243 e. The van der Waals surface area contributed by atoms with Gasteiger partial charge < -0.3 is 10.2 Å². The Hall–Kier alpha value is -1.51. The van der Waals surface area contributed by atoms with Crippen molar-refractivity contribution in [3.8, 4) is 0 Å².